The smallest absolute Gasteiger partial charge is 0.307 e. The number of ether oxygens (including phenoxy) is 1. The summed E-state index contributed by atoms with van der Waals surface area (Å²) < 4.78 is 5.54. The van der Waals surface area contributed by atoms with Crippen molar-refractivity contribution in [3.8, 4) is 5.75 Å². The van der Waals surface area contributed by atoms with Gasteiger partial charge in [0.2, 0.25) is 5.91 Å². The maximum absolute atomic E-state index is 11.0. The second-order valence-corrected chi connectivity index (χ2v) is 4.33. The number of benzene rings is 1. The molecule has 0 spiro atoms. The molecule has 0 bridgehead atoms. The number of amides is 1. The number of hydrogen-bond acceptors (Lipinski definition) is 3. The van der Waals surface area contributed by atoms with Gasteiger partial charge in [-0.15, -0.1) is 0 Å². The predicted molar refractivity (Wildman–Crippen MR) is 64.4 cm³/mol. The molecule has 0 aromatic heterocycles. The van der Waals surface area contributed by atoms with E-state index in [4.69, 9.17) is 9.84 Å². The molecule has 96 valence electrons. The number of rotatable bonds is 5. The lowest BCUT2D eigenvalue weighted by Gasteiger charge is -2.12. The lowest BCUT2D eigenvalue weighted by Crippen LogP contribution is -2.30. The minimum absolute atomic E-state index is 0.0129. The summed E-state index contributed by atoms with van der Waals surface area (Å²) in [4.78, 5) is 21.5. The highest BCUT2D eigenvalue weighted by Crippen LogP contribution is 2.14. The Balaban J connectivity index is 1.82. The van der Waals surface area contributed by atoms with Crippen molar-refractivity contribution in [2.45, 2.75) is 25.3 Å². The fourth-order valence-electron chi connectivity index (χ4n) is 1.88. The Labute approximate surface area is 105 Å². The van der Waals surface area contributed by atoms with Crippen molar-refractivity contribution < 1.29 is 19.4 Å². The van der Waals surface area contributed by atoms with Crippen LogP contribution in [0.15, 0.2) is 24.3 Å². The van der Waals surface area contributed by atoms with E-state index in [1.807, 2.05) is 0 Å². The van der Waals surface area contributed by atoms with Crippen LogP contribution in [0.2, 0.25) is 0 Å². The molecule has 2 N–H and O–H groups in total. The lowest BCUT2D eigenvalue weighted by atomic mass is 10.1. The Morgan fingerprint density at radius 2 is 2.11 bits per heavy atom. The minimum Gasteiger partial charge on any atom is -0.491 e. The molecule has 5 heteroatoms. The zero-order valence-corrected chi connectivity index (χ0v) is 9.89. The van der Waals surface area contributed by atoms with Crippen LogP contribution >= 0.6 is 0 Å². The summed E-state index contributed by atoms with van der Waals surface area (Å²) in [6, 6.07) is 7.04. The molecule has 1 fully saturated rings. The zero-order valence-electron chi connectivity index (χ0n) is 9.89. The van der Waals surface area contributed by atoms with Crippen LogP contribution in [-0.2, 0) is 16.0 Å². The highest BCUT2D eigenvalue weighted by molar-refractivity contribution is 5.78. The molecule has 1 aliphatic rings. The number of carbonyl (C=O) groups excluding carboxylic acids is 1. The van der Waals surface area contributed by atoms with Gasteiger partial charge >= 0.3 is 5.97 Å². The molecule has 0 aliphatic carbocycles. The third kappa shape index (κ3) is 3.48. The quantitative estimate of drug-likeness (QED) is 0.815. The molecule has 18 heavy (non-hydrogen) atoms. The molecule has 1 atom stereocenters. The average molecular weight is 249 g/mol. The number of aliphatic carboxylic acids is 1. The third-order valence-electron chi connectivity index (χ3n) is 2.81. The molecule has 0 saturated carbocycles. The topological polar surface area (TPSA) is 75.6 Å². The Hall–Kier alpha value is -2.04. The molecule has 1 saturated heterocycles. The number of nitrogens with one attached hydrogen (secondary N) is 1. The number of hydrogen-bond donors (Lipinski definition) is 2. The van der Waals surface area contributed by atoms with E-state index in [2.05, 4.69) is 5.32 Å². The molecule has 1 aromatic carbocycles. The lowest BCUT2D eigenvalue weighted by molar-refractivity contribution is -0.136. The van der Waals surface area contributed by atoms with Crippen molar-refractivity contribution in [1.82, 2.24) is 5.32 Å². The monoisotopic (exact) mass is 249 g/mol. The van der Waals surface area contributed by atoms with Crippen LogP contribution in [0.25, 0.3) is 0 Å². The van der Waals surface area contributed by atoms with E-state index in [-0.39, 0.29) is 18.4 Å². The van der Waals surface area contributed by atoms with Crippen molar-refractivity contribution in [3.63, 3.8) is 0 Å². The Bertz CT molecular complexity index is 441. The van der Waals surface area contributed by atoms with Crippen LogP contribution in [0.4, 0.5) is 0 Å². The SMILES string of the molecule is O=C(O)Cc1ccc(OCC2CCC(=O)N2)cc1. The second kappa shape index (κ2) is 5.53. The second-order valence-electron chi connectivity index (χ2n) is 4.33. The van der Waals surface area contributed by atoms with Gasteiger partial charge in [-0.1, -0.05) is 12.1 Å². The molecule has 5 nitrogen and oxygen atoms in total. The summed E-state index contributed by atoms with van der Waals surface area (Å²) in [6.07, 6.45) is 1.38. The van der Waals surface area contributed by atoms with Gasteiger partial charge in [0.25, 0.3) is 0 Å². The molecule has 1 aliphatic heterocycles. The summed E-state index contributed by atoms with van der Waals surface area (Å²) >= 11 is 0. The predicted octanol–water partition coefficient (Wildman–Crippen LogP) is 0.971. The highest BCUT2D eigenvalue weighted by atomic mass is 16.5. The van der Waals surface area contributed by atoms with E-state index < -0.39 is 5.97 Å². The Morgan fingerprint density at radius 1 is 1.39 bits per heavy atom. The van der Waals surface area contributed by atoms with E-state index in [1.54, 1.807) is 24.3 Å². The van der Waals surface area contributed by atoms with Crippen molar-refractivity contribution >= 4 is 11.9 Å². The third-order valence-corrected chi connectivity index (χ3v) is 2.81. The van der Waals surface area contributed by atoms with Crippen molar-refractivity contribution in [1.29, 1.82) is 0 Å². The molecule has 2 rings (SSSR count). The van der Waals surface area contributed by atoms with Gasteiger partial charge in [-0.05, 0) is 24.1 Å². The number of carbonyl (C=O) groups is 2. The van der Waals surface area contributed by atoms with E-state index in [0.717, 1.165) is 12.0 Å². The first-order valence-corrected chi connectivity index (χ1v) is 5.86. The van der Waals surface area contributed by atoms with Gasteiger partial charge in [0, 0.05) is 6.42 Å². The van der Waals surface area contributed by atoms with Gasteiger partial charge in [0.05, 0.1) is 12.5 Å². The largest absolute Gasteiger partial charge is 0.491 e. The van der Waals surface area contributed by atoms with E-state index in [9.17, 15) is 9.59 Å². The van der Waals surface area contributed by atoms with Gasteiger partial charge in [0.1, 0.15) is 12.4 Å². The summed E-state index contributed by atoms with van der Waals surface area (Å²) in [6.45, 7) is 0.448. The Morgan fingerprint density at radius 3 is 2.67 bits per heavy atom. The first-order valence-electron chi connectivity index (χ1n) is 5.86. The molecule has 1 heterocycles. The van der Waals surface area contributed by atoms with E-state index in [1.165, 1.54) is 0 Å². The van der Waals surface area contributed by atoms with Crippen LogP contribution < -0.4 is 10.1 Å². The van der Waals surface area contributed by atoms with Crippen LogP contribution in [0.5, 0.6) is 5.75 Å². The number of carboxylic acids is 1. The normalized spacial score (nSPS) is 18.4. The first-order chi connectivity index (χ1) is 8.63. The van der Waals surface area contributed by atoms with Gasteiger partial charge in [0.15, 0.2) is 0 Å². The fourth-order valence-corrected chi connectivity index (χ4v) is 1.88. The summed E-state index contributed by atoms with van der Waals surface area (Å²) in [5.74, 6) is -0.0944. The van der Waals surface area contributed by atoms with Crippen LogP contribution in [0.1, 0.15) is 18.4 Å². The minimum atomic E-state index is -0.850. The fraction of sp³-hybridized carbons (Fsp3) is 0.385. The van der Waals surface area contributed by atoms with Crippen LogP contribution in [0, 0.1) is 0 Å². The molecule has 0 radical (unpaired) electrons. The highest BCUT2D eigenvalue weighted by Gasteiger charge is 2.20. The maximum atomic E-state index is 11.0. The van der Waals surface area contributed by atoms with Gasteiger partial charge in [-0.3, -0.25) is 9.59 Å². The summed E-state index contributed by atoms with van der Waals surface area (Å²) in [5.41, 5.74) is 0.740. The standard InChI is InChI=1S/C13H15NO4/c15-12-6-3-10(14-12)8-18-11-4-1-9(2-5-11)7-13(16)17/h1-2,4-5,10H,3,6-8H2,(H,14,15)(H,16,17). The van der Waals surface area contributed by atoms with E-state index >= 15 is 0 Å². The summed E-state index contributed by atoms with van der Waals surface area (Å²) in [7, 11) is 0. The Kier molecular flexibility index (Phi) is 3.82. The molecular weight excluding hydrogens is 234 g/mol. The maximum Gasteiger partial charge on any atom is 0.307 e. The van der Waals surface area contributed by atoms with Crippen molar-refractivity contribution in [2.75, 3.05) is 6.61 Å². The molecule has 1 aromatic rings. The van der Waals surface area contributed by atoms with Crippen LogP contribution in [0.3, 0.4) is 0 Å². The zero-order chi connectivity index (χ0) is 13.0. The van der Waals surface area contributed by atoms with Crippen molar-refractivity contribution in [2.24, 2.45) is 0 Å². The average Bonchev–Trinajstić information content (AvgIpc) is 2.74. The van der Waals surface area contributed by atoms with Crippen molar-refractivity contribution in [3.05, 3.63) is 29.8 Å². The molecule has 1 unspecified atom stereocenters. The van der Waals surface area contributed by atoms with Gasteiger partial charge in [-0.25, -0.2) is 0 Å². The van der Waals surface area contributed by atoms with Crippen LogP contribution in [-0.4, -0.2) is 29.6 Å². The number of carboxylic acid groups (broad SMARTS) is 1. The van der Waals surface area contributed by atoms with E-state index in [0.29, 0.717) is 18.8 Å². The first kappa shape index (κ1) is 12.4. The van der Waals surface area contributed by atoms with Gasteiger partial charge < -0.3 is 15.2 Å². The molecular formula is C13H15NO4. The summed E-state index contributed by atoms with van der Waals surface area (Å²) in [5, 5.41) is 11.5. The molecule has 1 amide bonds. The van der Waals surface area contributed by atoms with Gasteiger partial charge in [-0.2, -0.15) is 0 Å².